The minimum atomic E-state index is -0.747. The van der Waals surface area contributed by atoms with Gasteiger partial charge in [-0.2, -0.15) is 0 Å². The van der Waals surface area contributed by atoms with E-state index in [1.807, 2.05) is 0 Å². The zero-order valence-corrected chi connectivity index (χ0v) is 9.73. The summed E-state index contributed by atoms with van der Waals surface area (Å²) in [4.78, 5) is 0. The van der Waals surface area contributed by atoms with Crippen LogP contribution in [0.2, 0.25) is 0 Å². The van der Waals surface area contributed by atoms with Crippen molar-refractivity contribution < 1.29 is 18.6 Å². The van der Waals surface area contributed by atoms with Crippen molar-refractivity contribution >= 4 is 0 Å². The maximum atomic E-state index is 13.7. The minimum absolute atomic E-state index is 0.00926. The molecule has 0 radical (unpaired) electrons. The molecule has 94 valence electrons. The first-order chi connectivity index (χ1) is 8.56. The molecule has 0 unspecified atom stereocenters. The summed E-state index contributed by atoms with van der Waals surface area (Å²) in [5.41, 5.74) is 0.457. The summed E-state index contributed by atoms with van der Waals surface area (Å²) < 4.78 is 31.8. The third-order valence-electron chi connectivity index (χ3n) is 2.46. The van der Waals surface area contributed by atoms with Crippen molar-refractivity contribution in [1.82, 2.24) is 0 Å². The van der Waals surface area contributed by atoms with Crippen molar-refractivity contribution in [3.05, 3.63) is 59.7 Å². The summed E-state index contributed by atoms with van der Waals surface area (Å²) in [6, 6.07) is 9.61. The Bertz CT molecular complexity index is 553. The second kappa shape index (κ2) is 5.14. The van der Waals surface area contributed by atoms with Crippen molar-refractivity contribution in [2.75, 3.05) is 0 Å². The van der Waals surface area contributed by atoms with Crippen LogP contribution >= 0.6 is 0 Å². The first-order valence-electron chi connectivity index (χ1n) is 5.47. The topological polar surface area (TPSA) is 29.5 Å². The van der Waals surface area contributed by atoms with Gasteiger partial charge in [-0.3, -0.25) is 0 Å². The zero-order valence-electron chi connectivity index (χ0n) is 9.73. The predicted molar refractivity (Wildman–Crippen MR) is 63.5 cm³/mol. The second-order valence-electron chi connectivity index (χ2n) is 3.93. The van der Waals surface area contributed by atoms with E-state index in [1.165, 1.54) is 36.4 Å². The van der Waals surface area contributed by atoms with Gasteiger partial charge in [0.2, 0.25) is 0 Å². The van der Waals surface area contributed by atoms with E-state index in [-0.39, 0.29) is 11.5 Å². The van der Waals surface area contributed by atoms with Crippen molar-refractivity contribution in [1.29, 1.82) is 0 Å². The minimum Gasteiger partial charge on any atom is -0.454 e. The van der Waals surface area contributed by atoms with Crippen molar-refractivity contribution in [3.63, 3.8) is 0 Å². The lowest BCUT2D eigenvalue weighted by molar-refractivity contribution is 0.198. The van der Waals surface area contributed by atoms with E-state index < -0.39 is 17.7 Å². The molecule has 1 atom stereocenters. The molecule has 2 rings (SSSR count). The molecule has 0 heterocycles. The summed E-state index contributed by atoms with van der Waals surface area (Å²) in [7, 11) is 0. The number of rotatable bonds is 3. The van der Waals surface area contributed by atoms with Crippen LogP contribution in [-0.2, 0) is 0 Å². The van der Waals surface area contributed by atoms with Gasteiger partial charge in [0.15, 0.2) is 11.6 Å². The Morgan fingerprint density at radius 2 is 1.89 bits per heavy atom. The lowest BCUT2D eigenvalue weighted by atomic mass is 10.1. The number of benzene rings is 2. The largest absolute Gasteiger partial charge is 0.454 e. The maximum absolute atomic E-state index is 13.7. The van der Waals surface area contributed by atoms with Crippen molar-refractivity contribution in [2.24, 2.45) is 0 Å². The molecule has 2 aromatic carbocycles. The lowest BCUT2D eigenvalue weighted by Crippen LogP contribution is -1.94. The highest BCUT2D eigenvalue weighted by atomic mass is 19.1. The lowest BCUT2D eigenvalue weighted by Gasteiger charge is -2.09. The Kier molecular flexibility index (Phi) is 3.58. The van der Waals surface area contributed by atoms with E-state index in [0.29, 0.717) is 5.56 Å². The van der Waals surface area contributed by atoms with Crippen molar-refractivity contribution in [3.8, 4) is 11.5 Å². The van der Waals surface area contributed by atoms with E-state index in [2.05, 4.69) is 0 Å². The van der Waals surface area contributed by atoms with Gasteiger partial charge < -0.3 is 9.84 Å². The molecule has 0 bridgehead atoms. The predicted octanol–water partition coefficient (Wildman–Crippen LogP) is 3.81. The molecule has 18 heavy (non-hydrogen) atoms. The summed E-state index contributed by atoms with van der Waals surface area (Å²) >= 11 is 0. The molecule has 0 aromatic heterocycles. The van der Waals surface area contributed by atoms with Gasteiger partial charge in [0, 0.05) is 6.07 Å². The Hall–Kier alpha value is -1.94. The molecular formula is C14H12F2O2. The van der Waals surface area contributed by atoms with Gasteiger partial charge in [0.1, 0.15) is 11.6 Å². The molecule has 0 amide bonds. The fourth-order valence-corrected chi connectivity index (χ4v) is 1.52. The van der Waals surface area contributed by atoms with Gasteiger partial charge >= 0.3 is 0 Å². The number of halogens is 2. The molecule has 0 fully saturated rings. The molecule has 2 nitrogen and oxygen atoms in total. The van der Waals surface area contributed by atoms with Crippen LogP contribution in [0.4, 0.5) is 8.78 Å². The first-order valence-corrected chi connectivity index (χ1v) is 5.47. The van der Waals surface area contributed by atoms with Crippen LogP contribution in [0.15, 0.2) is 42.5 Å². The number of aliphatic hydroxyl groups is 1. The summed E-state index contributed by atoms with van der Waals surface area (Å²) in [6.07, 6.45) is -0.747. The average molecular weight is 250 g/mol. The standard InChI is InChI=1S/C14H12F2O2/c1-9(17)10-5-6-14(13(16)7-10)18-12-4-2-3-11(15)8-12/h2-9,17H,1H3/t9-/m1/s1. The van der Waals surface area contributed by atoms with Crippen LogP contribution in [0.5, 0.6) is 11.5 Å². The van der Waals surface area contributed by atoms with Gasteiger partial charge in [-0.25, -0.2) is 8.78 Å². The van der Waals surface area contributed by atoms with E-state index >= 15 is 0 Å². The van der Waals surface area contributed by atoms with Crippen LogP contribution in [0.25, 0.3) is 0 Å². The van der Waals surface area contributed by atoms with Gasteiger partial charge in [0.25, 0.3) is 0 Å². The Morgan fingerprint density at radius 3 is 2.50 bits per heavy atom. The van der Waals surface area contributed by atoms with Gasteiger partial charge in [0.05, 0.1) is 6.10 Å². The van der Waals surface area contributed by atoms with Crippen LogP contribution < -0.4 is 4.74 Å². The monoisotopic (exact) mass is 250 g/mol. The first kappa shape index (κ1) is 12.5. The van der Waals surface area contributed by atoms with Crippen LogP contribution in [0.1, 0.15) is 18.6 Å². The Morgan fingerprint density at radius 1 is 1.11 bits per heavy atom. The SMILES string of the molecule is C[C@@H](O)c1ccc(Oc2cccc(F)c2)c(F)c1. The number of aliphatic hydroxyl groups excluding tert-OH is 1. The molecule has 0 aliphatic carbocycles. The number of ether oxygens (including phenoxy) is 1. The molecule has 0 aliphatic rings. The highest BCUT2D eigenvalue weighted by Gasteiger charge is 2.09. The van der Waals surface area contributed by atoms with Gasteiger partial charge in [-0.15, -0.1) is 0 Å². The summed E-state index contributed by atoms with van der Waals surface area (Å²) in [5, 5.41) is 9.31. The van der Waals surface area contributed by atoms with E-state index in [0.717, 1.165) is 0 Å². The Balaban J connectivity index is 2.24. The average Bonchev–Trinajstić information content (AvgIpc) is 2.31. The highest BCUT2D eigenvalue weighted by molar-refractivity contribution is 5.35. The third-order valence-corrected chi connectivity index (χ3v) is 2.46. The number of hydrogen-bond acceptors (Lipinski definition) is 2. The van der Waals surface area contributed by atoms with E-state index in [9.17, 15) is 13.9 Å². The fourth-order valence-electron chi connectivity index (χ4n) is 1.52. The number of hydrogen-bond donors (Lipinski definition) is 1. The van der Waals surface area contributed by atoms with E-state index in [4.69, 9.17) is 4.74 Å². The molecule has 0 saturated carbocycles. The molecule has 2 aromatic rings. The molecule has 0 aliphatic heterocycles. The maximum Gasteiger partial charge on any atom is 0.166 e. The normalized spacial score (nSPS) is 12.2. The molecular weight excluding hydrogens is 238 g/mol. The van der Waals surface area contributed by atoms with Crippen LogP contribution in [0.3, 0.4) is 0 Å². The quantitative estimate of drug-likeness (QED) is 0.897. The molecule has 0 saturated heterocycles. The van der Waals surface area contributed by atoms with Gasteiger partial charge in [-0.05, 0) is 36.8 Å². The molecule has 1 N–H and O–H groups in total. The van der Waals surface area contributed by atoms with Gasteiger partial charge in [-0.1, -0.05) is 12.1 Å². The molecule has 4 heteroatoms. The molecule has 0 spiro atoms. The van der Waals surface area contributed by atoms with Crippen molar-refractivity contribution in [2.45, 2.75) is 13.0 Å². The zero-order chi connectivity index (χ0) is 13.1. The highest BCUT2D eigenvalue weighted by Crippen LogP contribution is 2.27. The second-order valence-corrected chi connectivity index (χ2v) is 3.93. The Labute approximate surface area is 103 Å². The fraction of sp³-hybridized carbons (Fsp3) is 0.143. The van der Waals surface area contributed by atoms with Crippen LogP contribution in [0, 0.1) is 11.6 Å². The smallest absolute Gasteiger partial charge is 0.166 e. The van der Waals surface area contributed by atoms with Crippen LogP contribution in [-0.4, -0.2) is 5.11 Å². The summed E-state index contributed by atoms with van der Waals surface area (Å²) in [5.74, 6) is -0.838. The van der Waals surface area contributed by atoms with E-state index in [1.54, 1.807) is 13.0 Å². The summed E-state index contributed by atoms with van der Waals surface area (Å²) in [6.45, 7) is 1.54. The third kappa shape index (κ3) is 2.84.